The number of thioether (sulfide) groups is 1. The number of rotatable bonds is 2. The van der Waals surface area contributed by atoms with Crippen molar-refractivity contribution in [1.82, 2.24) is 9.80 Å². The number of nitrogens with zero attached hydrogens (tertiary/aromatic N) is 2. The molecule has 2 aliphatic heterocycles. The fraction of sp³-hybridized carbons (Fsp3) is 0.385. The third-order valence-corrected chi connectivity index (χ3v) is 5.38. The number of hydrogen-bond donors (Lipinski definition) is 0. The highest BCUT2D eigenvalue weighted by Gasteiger charge is 2.48. The Balaban J connectivity index is 1.80. The third kappa shape index (κ3) is 2.24. The van der Waals surface area contributed by atoms with Crippen LogP contribution in [0.3, 0.4) is 0 Å². The lowest BCUT2D eigenvalue weighted by Crippen LogP contribution is -2.35. The van der Waals surface area contributed by atoms with E-state index in [9.17, 15) is 4.79 Å². The average Bonchev–Trinajstić information content (AvgIpc) is 2.88. The molecule has 2 atom stereocenters. The van der Waals surface area contributed by atoms with Gasteiger partial charge < -0.3 is 4.90 Å². The number of amides is 1. The molecule has 0 bridgehead atoms. The van der Waals surface area contributed by atoms with Gasteiger partial charge in [0, 0.05) is 10.8 Å². The molecule has 0 spiro atoms. The summed E-state index contributed by atoms with van der Waals surface area (Å²) in [5.41, 5.74) is 1.04. The standard InChI is InChI=1S/C13H13ClN2OS2/c1-8-16-11(7-19-8)12(17)15(13(16)18)6-9-2-4-10(14)5-3-9/h2-5,8,11H,6-7H2,1H3/t8?,11-/m0/s1. The lowest BCUT2D eigenvalue weighted by Gasteiger charge is -2.22. The Morgan fingerprint density at radius 1 is 1.42 bits per heavy atom. The second kappa shape index (κ2) is 4.96. The van der Waals surface area contributed by atoms with Gasteiger partial charge in [-0.3, -0.25) is 9.69 Å². The third-order valence-electron chi connectivity index (χ3n) is 3.48. The zero-order valence-corrected chi connectivity index (χ0v) is 12.8. The van der Waals surface area contributed by atoms with Crippen molar-refractivity contribution in [3.8, 4) is 0 Å². The predicted molar refractivity (Wildman–Crippen MR) is 82.1 cm³/mol. The Morgan fingerprint density at radius 2 is 2.11 bits per heavy atom. The van der Waals surface area contributed by atoms with Crippen LogP contribution in [0.15, 0.2) is 24.3 Å². The minimum absolute atomic E-state index is 0.0696. The Labute approximate surface area is 126 Å². The molecule has 3 nitrogen and oxygen atoms in total. The van der Waals surface area contributed by atoms with E-state index in [4.69, 9.17) is 23.8 Å². The molecule has 100 valence electrons. The van der Waals surface area contributed by atoms with E-state index in [1.54, 1.807) is 16.7 Å². The highest BCUT2D eigenvalue weighted by Crippen LogP contribution is 2.35. The van der Waals surface area contributed by atoms with Crippen LogP contribution in [0.4, 0.5) is 0 Å². The van der Waals surface area contributed by atoms with E-state index in [-0.39, 0.29) is 17.3 Å². The Morgan fingerprint density at radius 3 is 2.74 bits per heavy atom. The minimum Gasteiger partial charge on any atom is -0.324 e. The van der Waals surface area contributed by atoms with Crippen molar-refractivity contribution in [2.75, 3.05) is 5.75 Å². The van der Waals surface area contributed by atoms with Gasteiger partial charge in [0.2, 0.25) is 0 Å². The van der Waals surface area contributed by atoms with Gasteiger partial charge >= 0.3 is 0 Å². The molecule has 2 fully saturated rings. The van der Waals surface area contributed by atoms with E-state index in [0.29, 0.717) is 16.7 Å². The van der Waals surface area contributed by atoms with Crippen LogP contribution >= 0.6 is 35.6 Å². The molecule has 0 N–H and O–H groups in total. The number of thiocarbonyl (C=S) groups is 1. The molecular formula is C13H13ClN2OS2. The molecule has 1 aromatic rings. The van der Waals surface area contributed by atoms with Crippen LogP contribution in [0.5, 0.6) is 0 Å². The average molecular weight is 313 g/mol. The van der Waals surface area contributed by atoms with Gasteiger partial charge in [-0.05, 0) is 36.8 Å². The van der Waals surface area contributed by atoms with Crippen LogP contribution in [0.1, 0.15) is 12.5 Å². The monoisotopic (exact) mass is 312 g/mol. The highest BCUT2D eigenvalue weighted by molar-refractivity contribution is 8.00. The lowest BCUT2D eigenvalue weighted by molar-refractivity contribution is -0.127. The van der Waals surface area contributed by atoms with Gasteiger partial charge in [-0.1, -0.05) is 23.7 Å². The van der Waals surface area contributed by atoms with E-state index in [2.05, 4.69) is 11.8 Å². The highest BCUT2D eigenvalue weighted by atomic mass is 35.5. The fourth-order valence-electron chi connectivity index (χ4n) is 2.45. The smallest absolute Gasteiger partial charge is 0.252 e. The summed E-state index contributed by atoms with van der Waals surface area (Å²) in [5, 5.41) is 1.64. The first kappa shape index (κ1) is 13.2. The second-order valence-corrected chi connectivity index (χ2v) is 6.84. The van der Waals surface area contributed by atoms with Crippen molar-refractivity contribution in [2.45, 2.75) is 24.9 Å². The first-order valence-electron chi connectivity index (χ1n) is 6.07. The number of benzene rings is 1. The molecule has 0 aliphatic carbocycles. The van der Waals surface area contributed by atoms with Gasteiger partial charge in [0.15, 0.2) is 5.11 Å². The summed E-state index contributed by atoms with van der Waals surface area (Å²) in [7, 11) is 0. The maximum Gasteiger partial charge on any atom is 0.252 e. The molecule has 3 rings (SSSR count). The summed E-state index contributed by atoms with van der Waals surface area (Å²) in [4.78, 5) is 16.1. The van der Waals surface area contributed by atoms with Crippen LogP contribution < -0.4 is 0 Å². The molecule has 2 saturated heterocycles. The summed E-state index contributed by atoms with van der Waals surface area (Å²) in [6.45, 7) is 2.62. The number of fused-ring (bicyclic) bond motifs is 1. The quantitative estimate of drug-likeness (QED) is 0.784. The SMILES string of the molecule is CC1SC[C@H]2C(=O)N(Cc3ccc(Cl)cc3)C(=S)N12. The number of carbonyl (C=O) groups is 1. The van der Waals surface area contributed by atoms with Crippen molar-refractivity contribution in [3.05, 3.63) is 34.9 Å². The Hall–Kier alpha value is -0.780. The largest absolute Gasteiger partial charge is 0.324 e. The van der Waals surface area contributed by atoms with Crippen molar-refractivity contribution in [2.24, 2.45) is 0 Å². The molecule has 6 heteroatoms. The predicted octanol–water partition coefficient (Wildman–Crippen LogP) is 2.73. The van der Waals surface area contributed by atoms with Crippen LogP contribution in [0.2, 0.25) is 5.02 Å². The van der Waals surface area contributed by atoms with E-state index in [0.717, 1.165) is 11.3 Å². The zero-order valence-electron chi connectivity index (χ0n) is 10.4. The van der Waals surface area contributed by atoms with Gasteiger partial charge in [0.25, 0.3) is 5.91 Å². The topological polar surface area (TPSA) is 23.6 Å². The lowest BCUT2D eigenvalue weighted by atomic mass is 10.2. The van der Waals surface area contributed by atoms with Crippen molar-refractivity contribution >= 4 is 46.6 Å². The van der Waals surface area contributed by atoms with Gasteiger partial charge in [-0.15, -0.1) is 11.8 Å². The normalized spacial score (nSPS) is 26.2. The van der Waals surface area contributed by atoms with Gasteiger partial charge in [0.1, 0.15) is 6.04 Å². The zero-order chi connectivity index (χ0) is 13.6. The fourth-order valence-corrected chi connectivity index (χ4v) is 4.26. The van der Waals surface area contributed by atoms with E-state index in [1.807, 2.05) is 24.3 Å². The van der Waals surface area contributed by atoms with Gasteiger partial charge in [0.05, 0.1) is 11.9 Å². The summed E-state index contributed by atoms with van der Waals surface area (Å²) in [5.74, 6) is 0.953. The van der Waals surface area contributed by atoms with E-state index < -0.39 is 0 Å². The first-order chi connectivity index (χ1) is 9.08. The molecular weight excluding hydrogens is 300 g/mol. The Kier molecular flexibility index (Phi) is 3.45. The molecule has 0 radical (unpaired) electrons. The van der Waals surface area contributed by atoms with Gasteiger partial charge in [-0.2, -0.15) is 0 Å². The van der Waals surface area contributed by atoms with Crippen LogP contribution in [0, 0.1) is 0 Å². The summed E-state index contributed by atoms with van der Waals surface area (Å²) >= 11 is 13.1. The molecule has 2 heterocycles. The molecule has 1 unspecified atom stereocenters. The maximum atomic E-state index is 12.4. The summed E-state index contributed by atoms with van der Waals surface area (Å²) in [6.07, 6.45) is 0. The van der Waals surface area contributed by atoms with Crippen molar-refractivity contribution in [3.63, 3.8) is 0 Å². The Bertz CT molecular complexity index is 534. The van der Waals surface area contributed by atoms with Gasteiger partial charge in [-0.25, -0.2) is 0 Å². The van der Waals surface area contributed by atoms with Crippen LogP contribution in [0.25, 0.3) is 0 Å². The van der Waals surface area contributed by atoms with Crippen LogP contribution in [-0.4, -0.2) is 38.0 Å². The minimum atomic E-state index is -0.0696. The van der Waals surface area contributed by atoms with Crippen molar-refractivity contribution < 1.29 is 4.79 Å². The maximum absolute atomic E-state index is 12.4. The summed E-state index contributed by atoms with van der Waals surface area (Å²) in [6, 6.07) is 7.46. The number of carbonyl (C=O) groups excluding carboxylic acids is 1. The first-order valence-corrected chi connectivity index (χ1v) is 7.91. The van der Waals surface area contributed by atoms with E-state index in [1.165, 1.54) is 0 Å². The molecule has 0 aromatic heterocycles. The van der Waals surface area contributed by atoms with E-state index >= 15 is 0 Å². The molecule has 1 aromatic carbocycles. The molecule has 0 saturated carbocycles. The van der Waals surface area contributed by atoms with Crippen LogP contribution in [-0.2, 0) is 11.3 Å². The molecule has 19 heavy (non-hydrogen) atoms. The molecule has 1 amide bonds. The molecule has 2 aliphatic rings. The second-order valence-electron chi connectivity index (χ2n) is 4.69. The van der Waals surface area contributed by atoms with Crippen molar-refractivity contribution in [1.29, 1.82) is 0 Å². The number of hydrogen-bond acceptors (Lipinski definition) is 3. The summed E-state index contributed by atoms with van der Waals surface area (Å²) < 4.78 is 0. The number of halogens is 1.